The number of halogens is 1. The molecule has 0 aliphatic rings. The molecule has 0 saturated carbocycles. The number of amides is 1. The van der Waals surface area contributed by atoms with Crippen LogP contribution >= 0.6 is 11.6 Å². The quantitative estimate of drug-likeness (QED) is 0.786. The van der Waals surface area contributed by atoms with Crippen LogP contribution in [0.2, 0.25) is 5.15 Å². The average Bonchev–Trinajstić information content (AvgIpc) is 2.25. The van der Waals surface area contributed by atoms with E-state index in [1.165, 1.54) is 12.4 Å². The third kappa shape index (κ3) is 4.66. The molecule has 0 aliphatic heterocycles. The molecule has 1 rings (SSSR count). The molecule has 1 unspecified atom stereocenters. The smallest absolute Gasteiger partial charge is 0.229 e. The predicted molar refractivity (Wildman–Crippen MR) is 67.7 cm³/mol. The molecule has 0 fully saturated rings. The molecule has 94 valence electrons. The summed E-state index contributed by atoms with van der Waals surface area (Å²) in [6.07, 6.45) is 2.05. The lowest BCUT2D eigenvalue weighted by Crippen LogP contribution is -2.30. The Morgan fingerprint density at radius 1 is 1.53 bits per heavy atom. The summed E-state index contributed by atoms with van der Waals surface area (Å²) in [4.78, 5) is 19.5. The van der Waals surface area contributed by atoms with Gasteiger partial charge < -0.3 is 11.1 Å². The van der Waals surface area contributed by atoms with Crippen molar-refractivity contribution in [2.75, 3.05) is 11.9 Å². The molecule has 0 saturated heterocycles. The fourth-order valence-corrected chi connectivity index (χ4v) is 1.66. The lowest BCUT2D eigenvalue weighted by molar-refractivity contribution is -0.120. The van der Waals surface area contributed by atoms with Crippen LogP contribution < -0.4 is 11.1 Å². The minimum absolute atomic E-state index is 0.129. The lowest BCUT2D eigenvalue weighted by Gasteiger charge is -2.16. The molecule has 0 bridgehead atoms. The number of aromatic nitrogens is 2. The first kappa shape index (κ1) is 13.9. The molecule has 1 heterocycles. The number of carbonyl (C=O) groups excluding carboxylic acids is 1. The maximum atomic E-state index is 11.9. The summed E-state index contributed by atoms with van der Waals surface area (Å²) < 4.78 is 0. The molecule has 5 nitrogen and oxygen atoms in total. The third-order valence-corrected chi connectivity index (χ3v) is 2.50. The Morgan fingerprint density at radius 3 is 2.76 bits per heavy atom. The van der Waals surface area contributed by atoms with E-state index >= 15 is 0 Å². The van der Waals surface area contributed by atoms with Gasteiger partial charge in [-0.1, -0.05) is 25.4 Å². The van der Waals surface area contributed by atoms with E-state index in [9.17, 15) is 4.79 Å². The molecular formula is C11H17ClN4O. The van der Waals surface area contributed by atoms with Crippen molar-refractivity contribution in [1.29, 1.82) is 0 Å². The van der Waals surface area contributed by atoms with Crippen molar-refractivity contribution in [3.63, 3.8) is 0 Å². The van der Waals surface area contributed by atoms with Crippen LogP contribution in [0.1, 0.15) is 20.3 Å². The number of rotatable bonds is 5. The highest BCUT2D eigenvalue weighted by atomic mass is 35.5. The molecule has 0 aliphatic carbocycles. The molecule has 0 aromatic carbocycles. The highest BCUT2D eigenvalue weighted by Crippen LogP contribution is 2.14. The summed E-state index contributed by atoms with van der Waals surface area (Å²) in [5.41, 5.74) is 5.59. The second kappa shape index (κ2) is 6.51. The number of carbonyl (C=O) groups is 1. The van der Waals surface area contributed by atoms with E-state index in [-0.39, 0.29) is 11.8 Å². The highest BCUT2D eigenvalue weighted by molar-refractivity contribution is 6.29. The monoisotopic (exact) mass is 256 g/mol. The molecule has 3 N–H and O–H groups in total. The van der Waals surface area contributed by atoms with Gasteiger partial charge in [0.05, 0.1) is 5.92 Å². The third-order valence-electron chi connectivity index (χ3n) is 2.30. The van der Waals surface area contributed by atoms with Crippen LogP contribution in [-0.4, -0.2) is 22.4 Å². The number of nitrogens with two attached hydrogens (primary N) is 1. The zero-order valence-electron chi connectivity index (χ0n) is 9.98. The number of hydrogen-bond donors (Lipinski definition) is 2. The first-order valence-corrected chi connectivity index (χ1v) is 5.89. The molecule has 1 aromatic rings. The number of anilines is 1. The van der Waals surface area contributed by atoms with E-state index in [1.54, 1.807) is 0 Å². The summed E-state index contributed by atoms with van der Waals surface area (Å²) in [6.45, 7) is 4.43. The molecule has 0 spiro atoms. The number of hydrogen-bond acceptors (Lipinski definition) is 4. The van der Waals surface area contributed by atoms with E-state index in [0.29, 0.717) is 23.4 Å². The zero-order valence-corrected chi connectivity index (χ0v) is 10.7. The van der Waals surface area contributed by atoms with Gasteiger partial charge in [0.15, 0.2) is 0 Å². The zero-order chi connectivity index (χ0) is 12.8. The van der Waals surface area contributed by atoms with Crippen molar-refractivity contribution in [1.82, 2.24) is 9.97 Å². The minimum atomic E-state index is -0.205. The Balaban J connectivity index is 2.64. The largest absolute Gasteiger partial charge is 0.330 e. The van der Waals surface area contributed by atoms with Gasteiger partial charge in [0, 0.05) is 12.6 Å². The van der Waals surface area contributed by atoms with Gasteiger partial charge in [-0.3, -0.25) is 4.79 Å². The van der Waals surface area contributed by atoms with Crippen LogP contribution in [0, 0.1) is 11.8 Å². The van der Waals surface area contributed by atoms with E-state index in [1.807, 2.05) is 0 Å². The van der Waals surface area contributed by atoms with Crippen LogP contribution in [0.3, 0.4) is 0 Å². The summed E-state index contributed by atoms with van der Waals surface area (Å²) in [7, 11) is 0. The van der Waals surface area contributed by atoms with Gasteiger partial charge >= 0.3 is 0 Å². The SMILES string of the molecule is CC(C)CC(CN)C(=O)Nc1cc(Cl)ncn1. The molecule has 1 amide bonds. The van der Waals surface area contributed by atoms with Crippen molar-refractivity contribution in [2.45, 2.75) is 20.3 Å². The van der Waals surface area contributed by atoms with Gasteiger partial charge in [0.1, 0.15) is 17.3 Å². The van der Waals surface area contributed by atoms with E-state index in [2.05, 4.69) is 29.1 Å². The van der Waals surface area contributed by atoms with Crippen molar-refractivity contribution in [2.24, 2.45) is 17.6 Å². The standard InChI is InChI=1S/C11H17ClN4O/c1-7(2)3-8(5-13)11(17)16-10-4-9(12)14-6-15-10/h4,6-8H,3,5,13H2,1-2H3,(H,14,15,16,17). The van der Waals surface area contributed by atoms with Gasteiger partial charge in [0.2, 0.25) is 5.91 Å². The Kier molecular flexibility index (Phi) is 5.31. The first-order valence-electron chi connectivity index (χ1n) is 5.51. The predicted octanol–water partition coefficient (Wildman–Crippen LogP) is 1.69. The van der Waals surface area contributed by atoms with Crippen LogP contribution in [0.15, 0.2) is 12.4 Å². The second-order valence-electron chi connectivity index (χ2n) is 4.28. The molecule has 6 heteroatoms. The van der Waals surface area contributed by atoms with E-state index < -0.39 is 0 Å². The highest BCUT2D eigenvalue weighted by Gasteiger charge is 2.18. The van der Waals surface area contributed by atoms with Gasteiger partial charge in [-0.15, -0.1) is 0 Å². The van der Waals surface area contributed by atoms with Crippen molar-refractivity contribution in [3.8, 4) is 0 Å². The Morgan fingerprint density at radius 2 is 2.24 bits per heavy atom. The van der Waals surface area contributed by atoms with Crippen molar-refractivity contribution < 1.29 is 4.79 Å². The molecule has 1 atom stereocenters. The number of nitrogens with one attached hydrogen (secondary N) is 1. The Labute approximate surface area is 106 Å². The topological polar surface area (TPSA) is 80.9 Å². The summed E-state index contributed by atoms with van der Waals surface area (Å²) in [6, 6.07) is 1.50. The minimum Gasteiger partial charge on any atom is -0.330 e. The molecular weight excluding hydrogens is 240 g/mol. The van der Waals surface area contributed by atoms with Crippen molar-refractivity contribution in [3.05, 3.63) is 17.5 Å². The van der Waals surface area contributed by atoms with Gasteiger partial charge in [-0.2, -0.15) is 0 Å². The average molecular weight is 257 g/mol. The maximum absolute atomic E-state index is 11.9. The second-order valence-corrected chi connectivity index (χ2v) is 4.66. The molecule has 1 aromatic heterocycles. The van der Waals surface area contributed by atoms with E-state index in [4.69, 9.17) is 17.3 Å². The van der Waals surface area contributed by atoms with Crippen LogP contribution in [0.25, 0.3) is 0 Å². The van der Waals surface area contributed by atoms with Crippen LogP contribution in [-0.2, 0) is 4.79 Å². The maximum Gasteiger partial charge on any atom is 0.229 e. The Hall–Kier alpha value is -1.20. The molecule has 17 heavy (non-hydrogen) atoms. The van der Waals surface area contributed by atoms with Crippen LogP contribution in [0.5, 0.6) is 0 Å². The van der Waals surface area contributed by atoms with Crippen LogP contribution in [0.4, 0.5) is 5.82 Å². The summed E-state index contributed by atoms with van der Waals surface area (Å²) >= 11 is 5.70. The summed E-state index contributed by atoms with van der Waals surface area (Å²) in [5, 5.41) is 2.98. The summed E-state index contributed by atoms with van der Waals surface area (Å²) in [5.74, 6) is 0.486. The Bertz CT molecular complexity index is 383. The fourth-order valence-electron chi connectivity index (χ4n) is 1.51. The lowest BCUT2D eigenvalue weighted by atomic mass is 9.96. The van der Waals surface area contributed by atoms with E-state index in [0.717, 1.165) is 6.42 Å². The first-order chi connectivity index (χ1) is 8.02. The van der Waals surface area contributed by atoms with Gasteiger partial charge in [-0.05, 0) is 12.3 Å². The fraction of sp³-hybridized carbons (Fsp3) is 0.545. The molecule has 0 radical (unpaired) electrons. The van der Waals surface area contributed by atoms with Gasteiger partial charge in [0.25, 0.3) is 0 Å². The number of nitrogens with zero attached hydrogens (tertiary/aromatic N) is 2. The van der Waals surface area contributed by atoms with Gasteiger partial charge in [-0.25, -0.2) is 9.97 Å². The normalized spacial score (nSPS) is 12.5. The van der Waals surface area contributed by atoms with Crippen molar-refractivity contribution >= 4 is 23.3 Å².